The second-order valence-electron chi connectivity index (χ2n) is 7.03. The Morgan fingerprint density at radius 1 is 1.05 bits per heavy atom. The molecule has 3 nitrogen and oxygen atoms in total. The molecule has 1 aromatic rings. The fraction of sp³-hybridized carbons (Fsp3) is 0.733. The zero-order valence-corrected chi connectivity index (χ0v) is 13.3. The summed E-state index contributed by atoms with van der Waals surface area (Å²) in [6.07, 6.45) is 8.16. The van der Waals surface area contributed by atoms with E-state index in [1.807, 2.05) is 6.92 Å². The van der Waals surface area contributed by atoms with Gasteiger partial charge in [0.25, 0.3) is 0 Å². The van der Waals surface area contributed by atoms with Crippen molar-refractivity contribution in [3.63, 3.8) is 0 Å². The molecule has 0 radical (unpaired) electrons. The van der Waals surface area contributed by atoms with Crippen molar-refractivity contribution in [2.45, 2.75) is 50.9 Å². The van der Waals surface area contributed by atoms with E-state index in [9.17, 15) is 0 Å². The number of nitrogen functional groups attached to an aromatic ring is 1. The average Bonchev–Trinajstić information content (AvgIpc) is 2.24. The molecule has 0 unspecified atom stereocenters. The number of nitrogens with zero attached hydrogens (tertiary/aromatic N) is 2. The summed E-state index contributed by atoms with van der Waals surface area (Å²) in [5.74, 6) is 3.01. The van der Waals surface area contributed by atoms with E-state index in [1.54, 1.807) is 0 Å². The minimum Gasteiger partial charge on any atom is -0.368 e. The van der Waals surface area contributed by atoms with Crippen LogP contribution in [0.15, 0.2) is 0 Å². The topological polar surface area (TPSA) is 51.8 Å². The Bertz CT molecular complexity index is 486. The standard InChI is InChI=1S/C15H20ClN3.ClH/c1-8-12(13(16)19-14(17)18-8)15-5-9-2-10(6-15)4-11(3-9)7-15;/h9-11H,2-7H2,1H3,(H2,17,18,19);1H. The molecule has 5 rings (SSSR count). The predicted octanol–water partition coefficient (Wildman–Crippen LogP) is 3.91. The van der Waals surface area contributed by atoms with E-state index < -0.39 is 0 Å². The number of halogens is 2. The molecule has 4 saturated carbocycles. The van der Waals surface area contributed by atoms with Gasteiger partial charge in [-0.15, -0.1) is 12.4 Å². The minimum atomic E-state index is 0. The number of hydrogen-bond acceptors (Lipinski definition) is 3. The smallest absolute Gasteiger partial charge is 0.221 e. The molecule has 4 aliphatic rings. The third-order valence-corrected chi connectivity index (χ3v) is 5.91. The fourth-order valence-electron chi connectivity index (χ4n) is 5.58. The molecule has 4 aliphatic carbocycles. The van der Waals surface area contributed by atoms with Crippen molar-refractivity contribution in [1.82, 2.24) is 9.97 Å². The van der Waals surface area contributed by atoms with E-state index in [1.165, 1.54) is 44.1 Å². The van der Waals surface area contributed by atoms with Gasteiger partial charge in [0.1, 0.15) is 5.15 Å². The molecule has 2 N–H and O–H groups in total. The Balaban J connectivity index is 0.00000121. The molecule has 0 aliphatic heterocycles. The van der Waals surface area contributed by atoms with Crippen LogP contribution in [0, 0.1) is 24.7 Å². The number of hydrogen-bond donors (Lipinski definition) is 1. The second kappa shape index (κ2) is 4.74. The van der Waals surface area contributed by atoms with Crippen molar-refractivity contribution in [3.05, 3.63) is 16.4 Å². The van der Waals surface area contributed by atoms with E-state index >= 15 is 0 Å². The molecule has 4 bridgehead atoms. The van der Waals surface area contributed by atoms with Crippen LogP contribution in [0.3, 0.4) is 0 Å². The molecule has 5 heteroatoms. The van der Waals surface area contributed by atoms with Gasteiger partial charge in [-0.25, -0.2) is 9.97 Å². The van der Waals surface area contributed by atoms with Crippen molar-refractivity contribution in [3.8, 4) is 0 Å². The maximum absolute atomic E-state index is 6.44. The summed E-state index contributed by atoms with van der Waals surface area (Å²) in [5.41, 5.74) is 8.18. The van der Waals surface area contributed by atoms with Crippen molar-refractivity contribution in [1.29, 1.82) is 0 Å². The first-order valence-electron chi connectivity index (χ1n) is 7.36. The molecule has 110 valence electrons. The highest BCUT2D eigenvalue weighted by molar-refractivity contribution is 6.30. The number of nitrogens with two attached hydrogens (primary N) is 1. The normalized spacial score (nSPS) is 37.8. The van der Waals surface area contributed by atoms with Crippen LogP contribution in [0.25, 0.3) is 0 Å². The lowest BCUT2D eigenvalue weighted by atomic mass is 9.48. The van der Waals surface area contributed by atoms with Crippen LogP contribution in [0.1, 0.15) is 49.8 Å². The van der Waals surface area contributed by atoms with E-state index in [0.717, 1.165) is 23.4 Å². The summed E-state index contributed by atoms with van der Waals surface area (Å²) >= 11 is 6.44. The van der Waals surface area contributed by atoms with Crippen LogP contribution in [-0.2, 0) is 5.41 Å². The van der Waals surface area contributed by atoms with Crippen molar-refractivity contribution < 1.29 is 0 Å². The molecule has 1 aromatic heterocycles. The molecular formula is C15H21Cl2N3. The number of aryl methyl sites for hydroxylation is 1. The molecule has 0 saturated heterocycles. The van der Waals surface area contributed by atoms with E-state index in [0.29, 0.717) is 11.1 Å². The van der Waals surface area contributed by atoms with Gasteiger partial charge in [-0.2, -0.15) is 0 Å². The first-order chi connectivity index (χ1) is 9.06. The monoisotopic (exact) mass is 313 g/mol. The van der Waals surface area contributed by atoms with Gasteiger partial charge < -0.3 is 5.73 Å². The fourth-order valence-corrected chi connectivity index (χ4v) is 6.00. The Labute approximate surface area is 131 Å². The first kappa shape index (κ1) is 14.4. The molecule has 0 amide bonds. The summed E-state index contributed by atoms with van der Waals surface area (Å²) in [6, 6.07) is 0. The van der Waals surface area contributed by atoms with Gasteiger partial charge in [0, 0.05) is 16.7 Å². The zero-order chi connectivity index (χ0) is 13.2. The van der Waals surface area contributed by atoms with Gasteiger partial charge in [0.15, 0.2) is 0 Å². The molecule has 0 spiro atoms. The number of aromatic nitrogens is 2. The Kier molecular flexibility index (Phi) is 3.41. The zero-order valence-electron chi connectivity index (χ0n) is 11.7. The van der Waals surface area contributed by atoms with Crippen LogP contribution in [-0.4, -0.2) is 9.97 Å². The minimum absolute atomic E-state index is 0. The lowest BCUT2D eigenvalue weighted by Gasteiger charge is -2.57. The summed E-state index contributed by atoms with van der Waals surface area (Å²) in [4.78, 5) is 8.60. The predicted molar refractivity (Wildman–Crippen MR) is 83.3 cm³/mol. The summed E-state index contributed by atoms with van der Waals surface area (Å²) in [5, 5.41) is 0.604. The van der Waals surface area contributed by atoms with Gasteiger partial charge in [0.2, 0.25) is 5.95 Å². The van der Waals surface area contributed by atoms with Gasteiger partial charge in [-0.05, 0) is 63.2 Å². The van der Waals surface area contributed by atoms with Crippen molar-refractivity contribution in [2.75, 3.05) is 5.73 Å². The van der Waals surface area contributed by atoms with Crippen molar-refractivity contribution >= 4 is 30.0 Å². The lowest BCUT2D eigenvalue weighted by molar-refractivity contribution is -0.00573. The molecule has 1 heterocycles. The van der Waals surface area contributed by atoms with Crippen LogP contribution >= 0.6 is 24.0 Å². The molecular weight excluding hydrogens is 293 g/mol. The van der Waals surface area contributed by atoms with E-state index in [-0.39, 0.29) is 17.8 Å². The summed E-state index contributed by atoms with van der Waals surface area (Å²) in [7, 11) is 0. The summed E-state index contributed by atoms with van der Waals surface area (Å²) in [6.45, 7) is 2.04. The van der Waals surface area contributed by atoms with Gasteiger partial charge >= 0.3 is 0 Å². The molecule has 0 atom stereocenters. The third-order valence-electron chi connectivity index (χ3n) is 5.63. The van der Waals surface area contributed by atoms with E-state index in [2.05, 4.69) is 9.97 Å². The lowest BCUT2D eigenvalue weighted by Crippen LogP contribution is -2.49. The largest absolute Gasteiger partial charge is 0.368 e. The summed E-state index contributed by atoms with van der Waals surface area (Å²) < 4.78 is 0. The second-order valence-corrected chi connectivity index (χ2v) is 7.39. The highest BCUT2D eigenvalue weighted by atomic mass is 35.5. The molecule has 4 fully saturated rings. The van der Waals surface area contributed by atoms with Crippen LogP contribution in [0.2, 0.25) is 5.15 Å². The van der Waals surface area contributed by atoms with E-state index in [4.69, 9.17) is 17.3 Å². The highest BCUT2D eigenvalue weighted by Crippen LogP contribution is 2.61. The highest BCUT2D eigenvalue weighted by Gasteiger charge is 2.53. The third kappa shape index (κ3) is 2.01. The SMILES string of the molecule is Cc1nc(N)nc(Cl)c1C12CC3CC(CC(C3)C1)C2.Cl. The Morgan fingerprint density at radius 2 is 1.55 bits per heavy atom. The van der Waals surface area contributed by atoms with Crippen LogP contribution in [0.4, 0.5) is 5.95 Å². The quantitative estimate of drug-likeness (QED) is 0.800. The molecule has 0 aromatic carbocycles. The van der Waals surface area contributed by atoms with Gasteiger partial charge in [-0.1, -0.05) is 11.6 Å². The van der Waals surface area contributed by atoms with Gasteiger partial charge in [-0.3, -0.25) is 0 Å². The Morgan fingerprint density at radius 3 is 2.00 bits per heavy atom. The first-order valence-corrected chi connectivity index (χ1v) is 7.73. The average molecular weight is 314 g/mol. The Hall–Kier alpha value is -0.540. The van der Waals surface area contributed by atoms with Gasteiger partial charge in [0.05, 0.1) is 0 Å². The maximum Gasteiger partial charge on any atom is 0.221 e. The molecule has 20 heavy (non-hydrogen) atoms. The number of anilines is 1. The van der Waals surface area contributed by atoms with Crippen LogP contribution < -0.4 is 5.73 Å². The number of rotatable bonds is 1. The van der Waals surface area contributed by atoms with Crippen molar-refractivity contribution in [2.24, 2.45) is 17.8 Å². The van der Waals surface area contributed by atoms with Crippen LogP contribution in [0.5, 0.6) is 0 Å². The maximum atomic E-state index is 6.44.